The number of anilines is 2. The molecule has 0 unspecified atom stereocenters. The number of carbonyl (C=O) groups excluding carboxylic acids is 1. The van der Waals surface area contributed by atoms with Crippen molar-refractivity contribution >= 4 is 17.3 Å². The van der Waals surface area contributed by atoms with E-state index < -0.39 is 0 Å². The van der Waals surface area contributed by atoms with E-state index >= 15 is 0 Å². The lowest BCUT2D eigenvalue weighted by Crippen LogP contribution is -2.27. The highest BCUT2D eigenvalue weighted by Crippen LogP contribution is 2.24. The Bertz CT molecular complexity index is 455. The SMILES string of the molecule is CCC[C@@H](C)Nc1ccc(N)cc1C(=O)NC1CC1. The summed E-state index contributed by atoms with van der Waals surface area (Å²) in [5, 5.41) is 6.41. The lowest BCUT2D eigenvalue weighted by atomic mass is 10.1. The third kappa shape index (κ3) is 3.88. The van der Waals surface area contributed by atoms with Gasteiger partial charge in [0.15, 0.2) is 0 Å². The van der Waals surface area contributed by atoms with Crippen LogP contribution in [0.2, 0.25) is 0 Å². The molecule has 4 N–H and O–H groups in total. The van der Waals surface area contributed by atoms with Gasteiger partial charge in [0.1, 0.15) is 0 Å². The molecule has 1 aromatic carbocycles. The van der Waals surface area contributed by atoms with Crippen LogP contribution in [0.3, 0.4) is 0 Å². The first-order valence-corrected chi connectivity index (χ1v) is 7.07. The van der Waals surface area contributed by atoms with Crippen LogP contribution in [0, 0.1) is 0 Å². The molecule has 1 aliphatic rings. The van der Waals surface area contributed by atoms with Crippen LogP contribution in [0.4, 0.5) is 11.4 Å². The van der Waals surface area contributed by atoms with Gasteiger partial charge in [0.2, 0.25) is 0 Å². The van der Waals surface area contributed by atoms with Gasteiger partial charge < -0.3 is 16.4 Å². The monoisotopic (exact) mass is 261 g/mol. The number of carbonyl (C=O) groups is 1. The van der Waals surface area contributed by atoms with Gasteiger partial charge in [0.05, 0.1) is 5.56 Å². The summed E-state index contributed by atoms with van der Waals surface area (Å²) in [5.74, 6) is -0.0269. The van der Waals surface area contributed by atoms with E-state index in [1.165, 1.54) is 0 Å². The van der Waals surface area contributed by atoms with Crippen molar-refractivity contribution in [2.45, 2.75) is 51.6 Å². The van der Waals surface area contributed by atoms with Crippen LogP contribution in [0.5, 0.6) is 0 Å². The zero-order valence-electron chi connectivity index (χ0n) is 11.7. The van der Waals surface area contributed by atoms with Crippen LogP contribution in [0.25, 0.3) is 0 Å². The summed E-state index contributed by atoms with van der Waals surface area (Å²) in [4.78, 5) is 12.2. The Morgan fingerprint density at radius 3 is 2.84 bits per heavy atom. The fourth-order valence-electron chi connectivity index (χ4n) is 2.14. The number of hydrogen-bond acceptors (Lipinski definition) is 3. The minimum absolute atomic E-state index is 0.0269. The van der Waals surface area contributed by atoms with Gasteiger partial charge in [-0.1, -0.05) is 13.3 Å². The van der Waals surface area contributed by atoms with Crippen molar-refractivity contribution in [3.8, 4) is 0 Å². The highest BCUT2D eigenvalue weighted by atomic mass is 16.1. The molecule has 2 rings (SSSR count). The molecule has 19 heavy (non-hydrogen) atoms. The molecule has 0 bridgehead atoms. The zero-order valence-corrected chi connectivity index (χ0v) is 11.7. The third-order valence-corrected chi connectivity index (χ3v) is 3.32. The Balaban J connectivity index is 2.13. The van der Waals surface area contributed by atoms with Gasteiger partial charge in [-0.2, -0.15) is 0 Å². The Hall–Kier alpha value is -1.71. The van der Waals surface area contributed by atoms with Crippen molar-refractivity contribution in [3.05, 3.63) is 23.8 Å². The maximum absolute atomic E-state index is 12.2. The molecule has 1 fully saturated rings. The fourth-order valence-corrected chi connectivity index (χ4v) is 2.14. The summed E-state index contributed by atoms with van der Waals surface area (Å²) in [7, 11) is 0. The molecule has 1 aliphatic carbocycles. The molecule has 0 heterocycles. The second kappa shape index (κ2) is 5.95. The van der Waals surface area contributed by atoms with Crippen LogP contribution >= 0.6 is 0 Å². The standard InChI is InChI=1S/C15H23N3O/c1-3-4-10(2)17-14-8-5-11(16)9-13(14)15(19)18-12-6-7-12/h5,8-10,12,17H,3-4,6-7,16H2,1-2H3,(H,18,19)/t10-/m1/s1. The molecular formula is C15H23N3O. The van der Waals surface area contributed by atoms with Crippen LogP contribution in [-0.4, -0.2) is 18.0 Å². The summed E-state index contributed by atoms with van der Waals surface area (Å²) in [6.07, 6.45) is 4.37. The number of nitrogens with one attached hydrogen (secondary N) is 2. The minimum Gasteiger partial charge on any atom is -0.399 e. The lowest BCUT2D eigenvalue weighted by molar-refractivity contribution is 0.0952. The van der Waals surface area contributed by atoms with Gasteiger partial charge in [-0.3, -0.25) is 4.79 Å². The van der Waals surface area contributed by atoms with Gasteiger partial charge in [-0.05, 0) is 44.4 Å². The number of benzene rings is 1. The average molecular weight is 261 g/mol. The molecule has 1 aromatic rings. The lowest BCUT2D eigenvalue weighted by Gasteiger charge is -2.18. The molecule has 0 aliphatic heterocycles. The Morgan fingerprint density at radius 2 is 2.21 bits per heavy atom. The minimum atomic E-state index is -0.0269. The predicted molar refractivity (Wildman–Crippen MR) is 79.3 cm³/mol. The second-order valence-corrected chi connectivity index (χ2v) is 5.39. The molecule has 1 atom stereocenters. The molecule has 0 aromatic heterocycles. The Labute approximate surface area is 114 Å². The topological polar surface area (TPSA) is 67.1 Å². The van der Waals surface area contributed by atoms with E-state index in [9.17, 15) is 4.79 Å². The summed E-state index contributed by atoms with van der Waals surface area (Å²) in [6.45, 7) is 4.28. The third-order valence-electron chi connectivity index (χ3n) is 3.32. The van der Waals surface area contributed by atoms with Crippen molar-refractivity contribution in [2.75, 3.05) is 11.1 Å². The van der Waals surface area contributed by atoms with Crippen LogP contribution in [0.1, 0.15) is 49.9 Å². The van der Waals surface area contributed by atoms with Gasteiger partial charge in [-0.25, -0.2) is 0 Å². The van der Waals surface area contributed by atoms with Gasteiger partial charge in [0.25, 0.3) is 5.91 Å². The largest absolute Gasteiger partial charge is 0.399 e. The van der Waals surface area contributed by atoms with E-state index in [1.807, 2.05) is 12.1 Å². The number of nitrogens with two attached hydrogens (primary N) is 1. The van der Waals surface area contributed by atoms with E-state index in [4.69, 9.17) is 5.73 Å². The van der Waals surface area contributed by atoms with E-state index in [0.29, 0.717) is 23.3 Å². The molecule has 0 saturated heterocycles. The van der Waals surface area contributed by atoms with Gasteiger partial charge in [-0.15, -0.1) is 0 Å². The summed E-state index contributed by atoms with van der Waals surface area (Å²) in [5.41, 5.74) is 7.93. The molecular weight excluding hydrogens is 238 g/mol. The van der Waals surface area contributed by atoms with Crippen LogP contribution in [0.15, 0.2) is 18.2 Å². The first-order chi connectivity index (χ1) is 9.10. The van der Waals surface area contributed by atoms with Gasteiger partial charge >= 0.3 is 0 Å². The molecule has 1 amide bonds. The van der Waals surface area contributed by atoms with Crippen LogP contribution < -0.4 is 16.4 Å². The molecule has 1 saturated carbocycles. The normalized spacial score (nSPS) is 15.9. The Morgan fingerprint density at radius 1 is 1.47 bits per heavy atom. The number of nitrogen functional groups attached to an aromatic ring is 1. The molecule has 0 radical (unpaired) electrons. The van der Waals surface area contributed by atoms with Crippen LogP contribution in [-0.2, 0) is 0 Å². The number of hydrogen-bond donors (Lipinski definition) is 3. The maximum Gasteiger partial charge on any atom is 0.253 e. The molecule has 104 valence electrons. The van der Waals surface area contributed by atoms with Crippen molar-refractivity contribution < 1.29 is 4.79 Å². The summed E-state index contributed by atoms with van der Waals surface area (Å²) >= 11 is 0. The fraction of sp³-hybridized carbons (Fsp3) is 0.533. The first-order valence-electron chi connectivity index (χ1n) is 7.07. The second-order valence-electron chi connectivity index (χ2n) is 5.39. The number of rotatable bonds is 6. The number of amides is 1. The summed E-state index contributed by atoms with van der Waals surface area (Å²) < 4.78 is 0. The highest BCUT2D eigenvalue weighted by molar-refractivity contribution is 6.00. The zero-order chi connectivity index (χ0) is 13.8. The van der Waals surface area contributed by atoms with E-state index in [-0.39, 0.29) is 5.91 Å². The van der Waals surface area contributed by atoms with Crippen molar-refractivity contribution in [1.29, 1.82) is 0 Å². The van der Waals surface area contributed by atoms with Crippen molar-refractivity contribution in [1.82, 2.24) is 5.32 Å². The van der Waals surface area contributed by atoms with Crippen molar-refractivity contribution in [2.24, 2.45) is 0 Å². The quantitative estimate of drug-likeness (QED) is 0.690. The van der Waals surface area contributed by atoms with E-state index in [2.05, 4.69) is 24.5 Å². The highest BCUT2D eigenvalue weighted by Gasteiger charge is 2.25. The molecule has 4 nitrogen and oxygen atoms in total. The predicted octanol–water partition coefficient (Wildman–Crippen LogP) is 2.76. The molecule has 0 spiro atoms. The van der Waals surface area contributed by atoms with Gasteiger partial charge in [0, 0.05) is 23.5 Å². The van der Waals surface area contributed by atoms with E-state index in [0.717, 1.165) is 31.4 Å². The average Bonchev–Trinajstić information content (AvgIpc) is 3.15. The first kappa shape index (κ1) is 13.7. The molecule has 4 heteroatoms. The van der Waals surface area contributed by atoms with Crippen molar-refractivity contribution in [3.63, 3.8) is 0 Å². The Kier molecular flexibility index (Phi) is 4.30. The maximum atomic E-state index is 12.2. The smallest absolute Gasteiger partial charge is 0.253 e. The summed E-state index contributed by atoms with van der Waals surface area (Å²) in [6, 6.07) is 6.17. The van der Waals surface area contributed by atoms with E-state index in [1.54, 1.807) is 6.07 Å².